The zero-order valence-electron chi connectivity index (χ0n) is 21.3. The first-order chi connectivity index (χ1) is 15.8. The molecule has 0 aromatic heterocycles. The number of ether oxygens (including phenoxy) is 1. The molecule has 0 saturated heterocycles. The Morgan fingerprint density at radius 2 is 1.76 bits per heavy atom. The van der Waals surface area contributed by atoms with Crippen molar-refractivity contribution < 1.29 is 18.3 Å². The van der Waals surface area contributed by atoms with Crippen LogP contribution in [-0.4, -0.2) is 46.1 Å². The molecule has 0 aliphatic heterocycles. The average Bonchev–Trinajstić information content (AvgIpc) is 2.81. The van der Waals surface area contributed by atoms with E-state index in [1.165, 1.54) is 18.6 Å². The molecular weight excluding hydrogens is 426 g/mol. The Kier molecular flexibility index (Phi) is 21.2. The molecule has 0 spiro atoms. The molecule has 33 heavy (non-hydrogen) atoms. The van der Waals surface area contributed by atoms with E-state index in [1.54, 1.807) is 25.4 Å². The highest BCUT2D eigenvalue weighted by Gasteiger charge is 2.08. The van der Waals surface area contributed by atoms with E-state index in [0.717, 1.165) is 30.6 Å². The molecule has 0 aliphatic rings. The lowest BCUT2D eigenvalue weighted by Crippen LogP contribution is -2.26. The number of benzene rings is 1. The Morgan fingerprint density at radius 1 is 1.15 bits per heavy atom. The van der Waals surface area contributed by atoms with Gasteiger partial charge in [-0.15, -0.1) is 0 Å². The van der Waals surface area contributed by atoms with E-state index in [0.29, 0.717) is 18.2 Å². The molecule has 190 valence electrons. The standard InChI is InChI=1S/C16H20F2N2O2.C7H18N2.C2H6/c1-11(10-21)8-14(9-19-3)20-12(2)13-4-6-15(7-5-13)22-16(17)18;1-4-9-6-5-7(2)8-3;1-2/h4-7,9-11,16,19-20H,2,8H2,1,3H3;7-9H,4-6H2,1-3H3;1-2H3/b14-9+;;. The van der Waals surface area contributed by atoms with Crippen LogP contribution in [0.2, 0.25) is 0 Å². The van der Waals surface area contributed by atoms with Crippen molar-refractivity contribution in [3.63, 3.8) is 0 Å². The third-order valence-electron chi connectivity index (χ3n) is 4.33. The van der Waals surface area contributed by atoms with Crippen LogP contribution in [0.5, 0.6) is 5.75 Å². The molecule has 1 aromatic carbocycles. The fourth-order valence-corrected chi connectivity index (χ4v) is 2.46. The minimum absolute atomic E-state index is 0.0899. The maximum absolute atomic E-state index is 12.1. The topological polar surface area (TPSA) is 74.4 Å². The predicted octanol–water partition coefficient (Wildman–Crippen LogP) is 4.75. The highest BCUT2D eigenvalue weighted by molar-refractivity contribution is 5.64. The Labute approximate surface area is 199 Å². The smallest absolute Gasteiger partial charge is 0.387 e. The number of hydrogen-bond acceptors (Lipinski definition) is 6. The molecule has 1 rings (SSSR count). The fourth-order valence-electron chi connectivity index (χ4n) is 2.46. The van der Waals surface area contributed by atoms with Gasteiger partial charge in [0.1, 0.15) is 12.0 Å². The van der Waals surface area contributed by atoms with Crippen LogP contribution in [-0.2, 0) is 4.79 Å². The number of carbonyl (C=O) groups is 1. The number of aldehydes is 1. The van der Waals surface area contributed by atoms with Gasteiger partial charge in [-0.2, -0.15) is 8.78 Å². The van der Waals surface area contributed by atoms with Crippen LogP contribution in [0, 0.1) is 5.92 Å². The minimum Gasteiger partial charge on any atom is -0.435 e. The highest BCUT2D eigenvalue weighted by Crippen LogP contribution is 2.19. The van der Waals surface area contributed by atoms with Crippen LogP contribution >= 0.6 is 0 Å². The van der Waals surface area contributed by atoms with Gasteiger partial charge in [0.05, 0.1) is 0 Å². The third-order valence-corrected chi connectivity index (χ3v) is 4.33. The summed E-state index contributed by atoms with van der Waals surface area (Å²) in [4.78, 5) is 10.8. The second kappa shape index (κ2) is 21.4. The summed E-state index contributed by atoms with van der Waals surface area (Å²) in [6.45, 7) is 13.4. The zero-order chi connectivity index (χ0) is 25.6. The first kappa shape index (κ1) is 32.7. The van der Waals surface area contributed by atoms with Gasteiger partial charge in [-0.1, -0.05) is 34.3 Å². The molecule has 6 nitrogen and oxygen atoms in total. The van der Waals surface area contributed by atoms with Gasteiger partial charge in [-0.3, -0.25) is 0 Å². The molecule has 0 saturated carbocycles. The lowest BCUT2D eigenvalue weighted by atomic mass is 10.1. The zero-order valence-corrected chi connectivity index (χ0v) is 21.3. The van der Waals surface area contributed by atoms with Crippen LogP contribution in [0.4, 0.5) is 8.78 Å². The molecule has 0 aliphatic carbocycles. The number of rotatable bonds is 14. The maximum Gasteiger partial charge on any atom is 0.387 e. The number of nitrogens with one attached hydrogen (secondary N) is 4. The van der Waals surface area contributed by atoms with E-state index in [4.69, 9.17) is 0 Å². The molecule has 0 fully saturated rings. The van der Waals surface area contributed by atoms with Gasteiger partial charge in [-0.05, 0) is 69.7 Å². The van der Waals surface area contributed by atoms with Crippen molar-refractivity contribution in [1.29, 1.82) is 0 Å². The number of alkyl halides is 2. The Bertz CT molecular complexity index is 652. The van der Waals surface area contributed by atoms with E-state index in [1.807, 2.05) is 27.8 Å². The van der Waals surface area contributed by atoms with Crippen LogP contribution in [0.1, 0.15) is 53.0 Å². The van der Waals surface area contributed by atoms with Gasteiger partial charge in [0.2, 0.25) is 0 Å². The molecule has 0 amide bonds. The van der Waals surface area contributed by atoms with Crippen molar-refractivity contribution in [3.05, 3.63) is 48.3 Å². The molecular formula is C25H44F2N4O2. The molecule has 0 radical (unpaired) electrons. The molecule has 8 heteroatoms. The van der Waals surface area contributed by atoms with Gasteiger partial charge < -0.3 is 30.8 Å². The van der Waals surface area contributed by atoms with Crippen molar-refractivity contribution in [2.75, 3.05) is 27.2 Å². The quantitative estimate of drug-likeness (QED) is 0.232. The van der Waals surface area contributed by atoms with Crippen molar-refractivity contribution in [1.82, 2.24) is 21.3 Å². The van der Waals surface area contributed by atoms with Gasteiger partial charge in [0.25, 0.3) is 0 Å². The summed E-state index contributed by atoms with van der Waals surface area (Å²) in [6, 6.07) is 6.80. The summed E-state index contributed by atoms with van der Waals surface area (Å²) in [5.41, 5.74) is 2.14. The van der Waals surface area contributed by atoms with E-state index in [9.17, 15) is 13.6 Å². The van der Waals surface area contributed by atoms with Crippen LogP contribution < -0.4 is 26.0 Å². The van der Waals surface area contributed by atoms with Crippen LogP contribution in [0.25, 0.3) is 5.70 Å². The van der Waals surface area contributed by atoms with Crippen molar-refractivity contribution >= 4 is 12.0 Å². The summed E-state index contributed by atoms with van der Waals surface area (Å²) in [5.74, 6) is -0.0335. The lowest BCUT2D eigenvalue weighted by molar-refractivity contribution is -0.110. The van der Waals surface area contributed by atoms with Gasteiger partial charge >= 0.3 is 6.61 Å². The van der Waals surface area contributed by atoms with Gasteiger partial charge in [0, 0.05) is 36.6 Å². The van der Waals surface area contributed by atoms with E-state index >= 15 is 0 Å². The first-order valence-corrected chi connectivity index (χ1v) is 11.5. The Morgan fingerprint density at radius 3 is 2.21 bits per heavy atom. The predicted molar refractivity (Wildman–Crippen MR) is 135 cm³/mol. The van der Waals surface area contributed by atoms with Gasteiger partial charge in [0.15, 0.2) is 0 Å². The highest BCUT2D eigenvalue weighted by atomic mass is 19.3. The summed E-state index contributed by atoms with van der Waals surface area (Å²) in [7, 11) is 3.75. The molecule has 1 aromatic rings. The number of hydrogen-bond donors (Lipinski definition) is 4. The number of halogens is 2. The Hall–Kier alpha value is -2.45. The largest absolute Gasteiger partial charge is 0.435 e. The maximum atomic E-state index is 12.1. The van der Waals surface area contributed by atoms with Crippen molar-refractivity contribution in [2.45, 2.75) is 60.1 Å². The molecule has 0 bridgehead atoms. The summed E-state index contributed by atoms with van der Waals surface area (Å²) < 4.78 is 28.5. The molecule has 0 heterocycles. The fraction of sp³-hybridized carbons (Fsp3) is 0.560. The number of allylic oxidation sites excluding steroid dienone is 1. The monoisotopic (exact) mass is 470 g/mol. The van der Waals surface area contributed by atoms with E-state index in [-0.39, 0.29) is 11.7 Å². The normalized spacial score (nSPS) is 12.4. The van der Waals surface area contributed by atoms with Crippen molar-refractivity contribution in [2.24, 2.45) is 5.92 Å². The number of carbonyl (C=O) groups excluding carboxylic acids is 1. The Balaban J connectivity index is 0. The van der Waals surface area contributed by atoms with Gasteiger partial charge in [-0.25, -0.2) is 0 Å². The molecule has 2 unspecified atom stereocenters. The summed E-state index contributed by atoms with van der Waals surface area (Å²) >= 11 is 0. The first-order valence-electron chi connectivity index (χ1n) is 11.5. The van der Waals surface area contributed by atoms with Crippen LogP contribution in [0.3, 0.4) is 0 Å². The average molecular weight is 471 g/mol. The lowest BCUT2D eigenvalue weighted by Gasteiger charge is -2.15. The van der Waals surface area contributed by atoms with Crippen LogP contribution in [0.15, 0.2) is 42.7 Å². The molecule has 2 atom stereocenters. The SMILES string of the molecule is C=C(N/C(=C/NC)CC(C)C=O)c1ccc(OC(F)F)cc1.CC.CCNCCC(C)NC. The van der Waals surface area contributed by atoms with E-state index in [2.05, 4.69) is 46.4 Å². The third kappa shape index (κ3) is 17.7. The summed E-state index contributed by atoms with van der Waals surface area (Å²) in [5, 5.41) is 12.5. The second-order valence-corrected chi connectivity index (χ2v) is 7.11. The summed E-state index contributed by atoms with van der Waals surface area (Å²) in [6.07, 6.45) is 4.38. The molecule has 4 N–H and O–H groups in total. The van der Waals surface area contributed by atoms with E-state index < -0.39 is 6.61 Å². The van der Waals surface area contributed by atoms with Crippen molar-refractivity contribution in [3.8, 4) is 5.75 Å². The minimum atomic E-state index is -2.85. The second-order valence-electron chi connectivity index (χ2n) is 7.11.